The lowest BCUT2D eigenvalue weighted by atomic mass is 10.2. The van der Waals surface area contributed by atoms with Crippen LogP contribution in [0.1, 0.15) is 0 Å². The minimum Gasteiger partial charge on any atom is -0.480 e. The van der Waals surface area contributed by atoms with Gasteiger partial charge in [-0.2, -0.15) is 11.8 Å². The predicted octanol–water partition coefficient (Wildman–Crippen LogP) is 2.00. The highest BCUT2D eigenvalue weighted by Gasteiger charge is 2.33. The van der Waals surface area contributed by atoms with Crippen LogP contribution in [-0.4, -0.2) is 46.1 Å². The monoisotopic (exact) mass is 302 g/mol. The Morgan fingerprint density at radius 1 is 1.35 bits per heavy atom. The molecule has 2 N–H and O–H groups in total. The lowest BCUT2D eigenvalue weighted by Crippen LogP contribution is -2.51. The SMILES string of the molecule is O=C(O)C1CSCCN1C(=O)Nc1c(F)cccc1F. The summed E-state index contributed by atoms with van der Waals surface area (Å²) in [6.45, 7) is 0.212. The quantitative estimate of drug-likeness (QED) is 0.876. The number of thioether (sulfide) groups is 1. The zero-order valence-electron chi connectivity index (χ0n) is 10.3. The van der Waals surface area contributed by atoms with E-state index in [2.05, 4.69) is 5.32 Å². The molecule has 5 nitrogen and oxygen atoms in total. The molecule has 0 radical (unpaired) electrons. The second kappa shape index (κ2) is 6.08. The van der Waals surface area contributed by atoms with Crippen LogP contribution in [-0.2, 0) is 4.79 Å². The molecular formula is C12H12F2N2O3S. The van der Waals surface area contributed by atoms with Crippen molar-refractivity contribution in [2.75, 3.05) is 23.4 Å². The molecule has 2 rings (SSSR count). The third kappa shape index (κ3) is 3.01. The van der Waals surface area contributed by atoms with E-state index in [4.69, 9.17) is 5.11 Å². The highest BCUT2D eigenvalue weighted by atomic mass is 32.2. The largest absolute Gasteiger partial charge is 0.480 e. The van der Waals surface area contributed by atoms with Gasteiger partial charge < -0.3 is 15.3 Å². The number of halogens is 2. The van der Waals surface area contributed by atoms with Crippen LogP contribution in [0.5, 0.6) is 0 Å². The Morgan fingerprint density at radius 2 is 2.00 bits per heavy atom. The van der Waals surface area contributed by atoms with Gasteiger partial charge in [0.2, 0.25) is 0 Å². The van der Waals surface area contributed by atoms with Crippen molar-refractivity contribution in [1.29, 1.82) is 0 Å². The van der Waals surface area contributed by atoms with E-state index in [0.29, 0.717) is 5.75 Å². The second-order valence-corrected chi connectivity index (χ2v) is 5.30. The van der Waals surface area contributed by atoms with Crippen LogP contribution < -0.4 is 5.32 Å². The summed E-state index contributed by atoms with van der Waals surface area (Å²) in [6, 6.07) is 1.39. The molecule has 0 bridgehead atoms. The van der Waals surface area contributed by atoms with Gasteiger partial charge in [-0.3, -0.25) is 0 Å². The standard InChI is InChI=1S/C12H12F2N2O3S/c13-7-2-1-3-8(14)10(7)15-12(19)16-4-5-20-6-9(16)11(17)18/h1-3,9H,4-6H2,(H,15,19)(H,17,18). The average Bonchev–Trinajstić information content (AvgIpc) is 2.43. The number of carboxylic acid groups (broad SMARTS) is 1. The summed E-state index contributed by atoms with van der Waals surface area (Å²) in [6.07, 6.45) is 0. The number of para-hydroxylation sites is 1. The molecule has 8 heteroatoms. The van der Waals surface area contributed by atoms with E-state index in [-0.39, 0.29) is 12.3 Å². The van der Waals surface area contributed by atoms with Gasteiger partial charge in [0.05, 0.1) is 0 Å². The van der Waals surface area contributed by atoms with Crippen molar-refractivity contribution in [3.63, 3.8) is 0 Å². The van der Waals surface area contributed by atoms with Crippen molar-refractivity contribution in [1.82, 2.24) is 4.90 Å². The first kappa shape index (κ1) is 14.6. The molecule has 108 valence electrons. The molecule has 0 aliphatic carbocycles. The van der Waals surface area contributed by atoms with E-state index in [0.717, 1.165) is 17.0 Å². The number of amides is 2. The van der Waals surface area contributed by atoms with Gasteiger partial charge in [-0.05, 0) is 12.1 Å². The maximum atomic E-state index is 13.4. The molecule has 1 aliphatic rings. The van der Waals surface area contributed by atoms with Crippen molar-refractivity contribution in [2.24, 2.45) is 0 Å². The Kier molecular flexibility index (Phi) is 4.43. The normalized spacial score (nSPS) is 18.7. The molecule has 1 aromatic rings. The number of nitrogens with zero attached hydrogens (tertiary/aromatic N) is 1. The summed E-state index contributed by atoms with van der Waals surface area (Å²) in [7, 11) is 0. The fourth-order valence-electron chi connectivity index (χ4n) is 1.85. The summed E-state index contributed by atoms with van der Waals surface area (Å²) < 4.78 is 26.9. The lowest BCUT2D eigenvalue weighted by Gasteiger charge is -2.32. The number of hydrogen-bond donors (Lipinski definition) is 2. The molecule has 1 unspecified atom stereocenters. The Morgan fingerprint density at radius 3 is 2.60 bits per heavy atom. The molecule has 20 heavy (non-hydrogen) atoms. The van der Waals surface area contributed by atoms with E-state index in [9.17, 15) is 18.4 Å². The summed E-state index contributed by atoms with van der Waals surface area (Å²) in [5.41, 5.74) is -0.570. The first-order chi connectivity index (χ1) is 9.50. The third-order valence-electron chi connectivity index (χ3n) is 2.87. The second-order valence-electron chi connectivity index (χ2n) is 4.15. The maximum Gasteiger partial charge on any atom is 0.327 e. The number of hydrogen-bond acceptors (Lipinski definition) is 3. The van der Waals surface area contributed by atoms with E-state index in [1.54, 1.807) is 0 Å². The minimum absolute atomic E-state index is 0.212. The number of carbonyl (C=O) groups excluding carboxylic acids is 1. The fourth-order valence-corrected chi connectivity index (χ4v) is 2.89. The Bertz CT molecular complexity index is 521. The Labute approximate surface area is 117 Å². The molecular weight excluding hydrogens is 290 g/mol. The van der Waals surface area contributed by atoms with Crippen LogP contribution in [0.25, 0.3) is 0 Å². The molecule has 1 saturated heterocycles. The molecule has 2 amide bonds. The topological polar surface area (TPSA) is 69.6 Å². The van der Waals surface area contributed by atoms with Gasteiger partial charge in [-0.1, -0.05) is 6.07 Å². The van der Waals surface area contributed by atoms with Gasteiger partial charge in [0, 0.05) is 18.1 Å². The van der Waals surface area contributed by atoms with Crippen molar-refractivity contribution < 1.29 is 23.5 Å². The molecule has 0 aromatic heterocycles. The Hall–Kier alpha value is -1.83. The lowest BCUT2D eigenvalue weighted by molar-refractivity contribution is -0.141. The molecule has 0 saturated carbocycles. The predicted molar refractivity (Wildman–Crippen MR) is 70.8 cm³/mol. The average molecular weight is 302 g/mol. The zero-order chi connectivity index (χ0) is 14.7. The number of anilines is 1. The maximum absolute atomic E-state index is 13.4. The van der Waals surface area contributed by atoms with Gasteiger partial charge >= 0.3 is 12.0 Å². The van der Waals surface area contributed by atoms with Gasteiger partial charge in [0.1, 0.15) is 23.4 Å². The Balaban J connectivity index is 2.16. The highest BCUT2D eigenvalue weighted by molar-refractivity contribution is 7.99. The van der Waals surface area contributed by atoms with Crippen molar-refractivity contribution in [3.8, 4) is 0 Å². The van der Waals surface area contributed by atoms with E-state index >= 15 is 0 Å². The number of rotatable bonds is 2. The molecule has 1 heterocycles. The fraction of sp³-hybridized carbons (Fsp3) is 0.333. The smallest absolute Gasteiger partial charge is 0.327 e. The number of nitrogens with one attached hydrogen (secondary N) is 1. The molecule has 0 spiro atoms. The van der Waals surface area contributed by atoms with Crippen molar-refractivity contribution >= 4 is 29.4 Å². The van der Waals surface area contributed by atoms with Crippen LogP contribution in [0.3, 0.4) is 0 Å². The molecule has 1 aliphatic heterocycles. The third-order valence-corrected chi connectivity index (χ3v) is 3.89. The van der Waals surface area contributed by atoms with Crippen LogP contribution in [0.4, 0.5) is 19.3 Å². The summed E-state index contributed by atoms with van der Waals surface area (Å²) >= 11 is 1.41. The van der Waals surface area contributed by atoms with Crippen LogP contribution in [0, 0.1) is 11.6 Å². The van der Waals surface area contributed by atoms with Crippen LogP contribution >= 0.6 is 11.8 Å². The highest BCUT2D eigenvalue weighted by Crippen LogP contribution is 2.21. The summed E-state index contributed by atoms with van der Waals surface area (Å²) in [5, 5.41) is 11.1. The van der Waals surface area contributed by atoms with Crippen LogP contribution in [0.2, 0.25) is 0 Å². The number of carboxylic acids is 1. The first-order valence-corrected chi connectivity index (χ1v) is 6.98. The van der Waals surface area contributed by atoms with Crippen LogP contribution in [0.15, 0.2) is 18.2 Å². The zero-order valence-corrected chi connectivity index (χ0v) is 11.1. The van der Waals surface area contributed by atoms with Crippen molar-refractivity contribution in [2.45, 2.75) is 6.04 Å². The molecule has 1 fully saturated rings. The van der Waals surface area contributed by atoms with Gasteiger partial charge in [-0.25, -0.2) is 18.4 Å². The van der Waals surface area contributed by atoms with Gasteiger partial charge in [0.15, 0.2) is 0 Å². The number of benzene rings is 1. The molecule has 1 aromatic carbocycles. The number of urea groups is 1. The number of aliphatic carboxylic acids is 1. The number of carbonyl (C=O) groups is 2. The molecule has 1 atom stereocenters. The van der Waals surface area contributed by atoms with Gasteiger partial charge in [-0.15, -0.1) is 0 Å². The van der Waals surface area contributed by atoms with E-state index in [1.807, 2.05) is 0 Å². The minimum atomic E-state index is -1.14. The van der Waals surface area contributed by atoms with Gasteiger partial charge in [0.25, 0.3) is 0 Å². The van der Waals surface area contributed by atoms with E-state index in [1.165, 1.54) is 17.8 Å². The van der Waals surface area contributed by atoms with E-state index < -0.39 is 35.4 Å². The van der Waals surface area contributed by atoms with Crippen molar-refractivity contribution in [3.05, 3.63) is 29.8 Å². The summed E-state index contributed by atoms with van der Waals surface area (Å²) in [5.74, 6) is -2.12. The first-order valence-electron chi connectivity index (χ1n) is 5.83. The summed E-state index contributed by atoms with van der Waals surface area (Å²) in [4.78, 5) is 24.1.